The number of hydrogen-bond donors (Lipinski definition) is 1. The van der Waals surface area contributed by atoms with Crippen molar-refractivity contribution in [1.29, 1.82) is 0 Å². The number of amides is 1. The maximum Gasteiger partial charge on any atom is 0.273 e. The van der Waals surface area contributed by atoms with E-state index in [0.29, 0.717) is 23.0 Å². The van der Waals surface area contributed by atoms with Crippen LogP contribution in [0.4, 0.5) is 0 Å². The van der Waals surface area contributed by atoms with E-state index in [0.717, 1.165) is 25.7 Å². The monoisotopic (exact) mass is 306 g/mol. The summed E-state index contributed by atoms with van der Waals surface area (Å²) in [5.74, 6) is 0.582. The Balaban J connectivity index is 1.79. The minimum atomic E-state index is -0.0926. The normalized spacial score (nSPS) is 15.5. The zero-order valence-electron chi connectivity index (χ0n) is 11.7. The number of aromatic nitrogens is 1. The van der Waals surface area contributed by atoms with E-state index in [2.05, 4.69) is 4.98 Å². The summed E-state index contributed by atoms with van der Waals surface area (Å²) in [5.41, 5.74) is 0.437. The molecule has 0 saturated heterocycles. The third kappa shape index (κ3) is 3.01. The molecule has 2 aromatic heterocycles. The van der Waals surface area contributed by atoms with Gasteiger partial charge in [0.05, 0.1) is 12.9 Å². The van der Waals surface area contributed by atoms with Crippen molar-refractivity contribution < 1.29 is 14.3 Å². The van der Waals surface area contributed by atoms with Crippen LogP contribution < -0.4 is 0 Å². The topological polar surface area (TPSA) is 66.6 Å². The van der Waals surface area contributed by atoms with E-state index < -0.39 is 0 Å². The first-order valence-electron chi connectivity index (χ1n) is 7.21. The fourth-order valence-electron chi connectivity index (χ4n) is 2.81. The first-order valence-corrected chi connectivity index (χ1v) is 8.09. The molecule has 0 aromatic carbocycles. The molecule has 112 valence electrons. The number of aliphatic hydroxyl groups is 1. The van der Waals surface area contributed by atoms with Gasteiger partial charge in [0.2, 0.25) is 0 Å². The highest BCUT2D eigenvalue weighted by molar-refractivity contribution is 7.13. The van der Waals surface area contributed by atoms with Gasteiger partial charge in [0.15, 0.2) is 10.8 Å². The van der Waals surface area contributed by atoms with Crippen molar-refractivity contribution >= 4 is 17.2 Å². The van der Waals surface area contributed by atoms with Gasteiger partial charge >= 0.3 is 0 Å². The van der Waals surface area contributed by atoms with E-state index in [1.807, 2.05) is 6.07 Å². The number of thiazole rings is 1. The lowest BCUT2D eigenvalue weighted by molar-refractivity contribution is 0.0633. The highest BCUT2D eigenvalue weighted by Crippen LogP contribution is 2.27. The van der Waals surface area contributed by atoms with Gasteiger partial charge in [-0.3, -0.25) is 4.79 Å². The SMILES string of the molecule is O=C(c1csc(-c2ccco2)n1)N(CCO)C1CCCC1. The number of nitrogens with zero attached hydrogens (tertiary/aromatic N) is 2. The molecule has 0 aliphatic heterocycles. The molecule has 1 fully saturated rings. The zero-order chi connectivity index (χ0) is 14.7. The van der Waals surface area contributed by atoms with Crippen LogP contribution in [0, 0.1) is 0 Å². The van der Waals surface area contributed by atoms with Gasteiger partial charge < -0.3 is 14.4 Å². The third-order valence-electron chi connectivity index (χ3n) is 3.82. The van der Waals surface area contributed by atoms with Gasteiger partial charge in [0.1, 0.15) is 5.69 Å². The molecule has 0 radical (unpaired) electrons. The van der Waals surface area contributed by atoms with Gasteiger partial charge in [-0.25, -0.2) is 4.98 Å². The van der Waals surface area contributed by atoms with Crippen molar-refractivity contribution in [2.75, 3.05) is 13.2 Å². The van der Waals surface area contributed by atoms with Gasteiger partial charge in [0.25, 0.3) is 5.91 Å². The van der Waals surface area contributed by atoms with E-state index in [-0.39, 0.29) is 18.6 Å². The predicted molar refractivity (Wildman–Crippen MR) is 80.2 cm³/mol. The van der Waals surface area contributed by atoms with E-state index in [1.165, 1.54) is 11.3 Å². The second kappa shape index (κ2) is 6.41. The fourth-order valence-corrected chi connectivity index (χ4v) is 3.57. The molecule has 1 N–H and O–H groups in total. The standard InChI is InChI=1S/C15H18N2O3S/c18-8-7-17(11-4-1-2-5-11)15(19)12-10-21-14(16-12)13-6-3-9-20-13/h3,6,9-11,18H,1-2,4-5,7-8H2. The van der Waals surface area contributed by atoms with E-state index in [1.54, 1.807) is 22.6 Å². The van der Waals surface area contributed by atoms with Crippen molar-refractivity contribution in [3.8, 4) is 10.8 Å². The summed E-state index contributed by atoms with van der Waals surface area (Å²) in [7, 11) is 0. The molecule has 2 aromatic rings. The molecule has 6 heteroatoms. The molecule has 5 nitrogen and oxygen atoms in total. The third-order valence-corrected chi connectivity index (χ3v) is 4.68. The molecule has 1 aliphatic rings. The maximum absolute atomic E-state index is 12.6. The Bertz CT molecular complexity index is 588. The number of aliphatic hydroxyl groups excluding tert-OH is 1. The molecule has 1 aliphatic carbocycles. The number of hydrogen-bond acceptors (Lipinski definition) is 5. The van der Waals surface area contributed by atoms with Crippen LogP contribution in [0.2, 0.25) is 0 Å². The van der Waals surface area contributed by atoms with Crippen molar-refractivity contribution in [3.63, 3.8) is 0 Å². The summed E-state index contributed by atoms with van der Waals surface area (Å²) in [6.07, 6.45) is 5.92. The molecule has 0 spiro atoms. The van der Waals surface area contributed by atoms with Crippen molar-refractivity contribution in [3.05, 3.63) is 29.5 Å². The molecule has 21 heavy (non-hydrogen) atoms. The smallest absolute Gasteiger partial charge is 0.273 e. The fraction of sp³-hybridized carbons (Fsp3) is 0.467. The average molecular weight is 306 g/mol. The highest BCUT2D eigenvalue weighted by Gasteiger charge is 2.28. The Hall–Kier alpha value is -1.66. The van der Waals surface area contributed by atoms with E-state index in [9.17, 15) is 9.90 Å². The summed E-state index contributed by atoms with van der Waals surface area (Å²) in [4.78, 5) is 18.8. The van der Waals surface area contributed by atoms with Crippen LogP contribution in [0.25, 0.3) is 10.8 Å². The molecule has 2 heterocycles. The van der Waals surface area contributed by atoms with Crippen molar-refractivity contribution in [2.45, 2.75) is 31.7 Å². The second-order valence-electron chi connectivity index (χ2n) is 5.18. The molecular formula is C15H18N2O3S. The van der Waals surface area contributed by atoms with Crippen LogP contribution in [0.3, 0.4) is 0 Å². The largest absolute Gasteiger partial charge is 0.462 e. The lowest BCUT2D eigenvalue weighted by Crippen LogP contribution is -2.40. The van der Waals surface area contributed by atoms with E-state index in [4.69, 9.17) is 4.42 Å². The maximum atomic E-state index is 12.6. The molecule has 0 bridgehead atoms. The van der Waals surface area contributed by atoms with E-state index >= 15 is 0 Å². The Morgan fingerprint density at radius 1 is 1.48 bits per heavy atom. The highest BCUT2D eigenvalue weighted by atomic mass is 32.1. The molecular weight excluding hydrogens is 288 g/mol. The molecule has 0 unspecified atom stereocenters. The first-order chi connectivity index (χ1) is 10.3. The van der Waals surface area contributed by atoms with Crippen LogP contribution in [-0.4, -0.2) is 40.1 Å². The van der Waals surface area contributed by atoms with Crippen LogP contribution in [0.15, 0.2) is 28.2 Å². The summed E-state index contributed by atoms with van der Waals surface area (Å²) in [5, 5.41) is 11.7. The lowest BCUT2D eigenvalue weighted by atomic mass is 10.2. The molecule has 0 atom stereocenters. The summed E-state index contributed by atoms with van der Waals surface area (Å²) < 4.78 is 5.30. The molecule has 1 amide bonds. The van der Waals surface area contributed by atoms with Gasteiger partial charge in [-0.2, -0.15) is 0 Å². The van der Waals surface area contributed by atoms with Crippen LogP contribution in [-0.2, 0) is 0 Å². The number of carbonyl (C=O) groups excluding carboxylic acids is 1. The molecule has 3 rings (SSSR count). The number of carbonyl (C=O) groups is 1. The van der Waals surface area contributed by atoms with Crippen molar-refractivity contribution in [2.24, 2.45) is 0 Å². The Kier molecular flexibility index (Phi) is 4.36. The Morgan fingerprint density at radius 2 is 2.29 bits per heavy atom. The molecule has 1 saturated carbocycles. The summed E-state index contributed by atoms with van der Waals surface area (Å²) in [6, 6.07) is 3.86. The van der Waals surface area contributed by atoms with Crippen LogP contribution in [0.5, 0.6) is 0 Å². The number of furan rings is 1. The Morgan fingerprint density at radius 3 is 2.95 bits per heavy atom. The minimum Gasteiger partial charge on any atom is -0.462 e. The second-order valence-corrected chi connectivity index (χ2v) is 6.03. The van der Waals surface area contributed by atoms with Gasteiger partial charge in [-0.05, 0) is 25.0 Å². The van der Waals surface area contributed by atoms with Crippen LogP contribution >= 0.6 is 11.3 Å². The Labute approximate surface area is 127 Å². The van der Waals surface area contributed by atoms with Crippen molar-refractivity contribution in [1.82, 2.24) is 9.88 Å². The quantitative estimate of drug-likeness (QED) is 0.922. The van der Waals surface area contributed by atoms with Gasteiger partial charge in [-0.15, -0.1) is 11.3 Å². The summed E-state index contributed by atoms with van der Waals surface area (Å²) in [6.45, 7) is 0.356. The average Bonchev–Trinajstić information content (AvgIpc) is 3.25. The predicted octanol–water partition coefficient (Wildman–Crippen LogP) is 2.78. The lowest BCUT2D eigenvalue weighted by Gasteiger charge is -2.27. The first kappa shape index (κ1) is 14.3. The number of rotatable bonds is 5. The van der Waals surface area contributed by atoms with Gasteiger partial charge in [-0.1, -0.05) is 12.8 Å². The summed E-state index contributed by atoms with van der Waals surface area (Å²) >= 11 is 1.40. The zero-order valence-corrected chi connectivity index (χ0v) is 12.5. The van der Waals surface area contributed by atoms with Crippen LogP contribution in [0.1, 0.15) is 36.2 Å². The minimum absolute atomic E-state index is 0.0165. The van der Waals surface area contributed by atoms with Gasteiger partial charge in [0, 0.05) is 18.0 Å².